The number of benzene rings is 4. The monoisotopic (exact) mass is 579 g/mol. The first-order valence-electron chi connectivity index (χ1n) is 12.7. The van der Waals surface area contributed by atoms with E-state index >= 15 is 0 Å². The van der Waals surface area contributed by atoms with Crippen molar-refractivity contribution in [1.82, 2.24) is 0 Å². The third kappa shape index (κ3) is 5.78. The molecule has 0 saturated carbocycles. The van der Waals surface area contributed by atoms with Gasteiger partial charge in [0.15, 0.2) is 11.5 Å². The number of rotatable bonds is 8. The maximum Gasteiger partial charge on any atom is 0.259 e. The van der Waals surface area contributed by atoms with Crippen LogP contribution in [0.15, 0.2) is 82.6 Å². The van der Waals surface area contributed by atoms with E-state index in [0.29, 0.717) is 17.0 Å². The molecule has 0 bridgehead atoms. The normalized spacial score (nSPS) is 11.5. The molecule has 0 aliphatic carbocycles. The lowest BCUT2D eigenvalue weighted by Gasteiger charge is -2.17. The summed E-state index contributed by atoms with van der Waals surface area (Å²) >= 11 is 5.90. The minimum Gasteiger partial charge on any atom is -0.504 e. The first kappa shape index (κ1) is 29.0. The Hall–Kier alpha value is -4.01. The van der Waals surface area contributed by atoms with Crippen molar-refractivity contribution in [2.45, 2.75) is 49.3 Å². The Balaban J connectivity index is 1.71. The molecule has 1 amide bonds. The third-order valence-corrected chi connectivity index (χ3v) is 8.79. The molecule has 0 aliphatic heterocycles. The Morgan fingerprint density at radius 1 is 0.825 bits per heavy atom. The van der Waals surface area contributed by atoms with Crippen LogP contribution in [0, 0.1) is 0 Å². The lowest BCUT2D eigenvalue weighted by atomic mass is 9.92. The van der Waals surface area contributed by atoms with Crippen molar-refractivity contribution in [1.29, 1.82) is 0 Å². The van der Waals surface area contributed by atoms with Crippen molar-refractivity contribution in [2.75, 3.05) is 5.32 Å². The van der Waals surface area contributed by atoms with Gasteiger partial charge in [0.2, 0.25) is 15.6 Å². The minimum atomic E-state index is -3.91. The van der Waals surface area contributed by atoms with Gasteiger partial charge in [0.25, 0.3) is 5.91 Å². The van der Waals surface area contributed by atoms with Gasteiger partial charge in [0.05, 0.1) is 15.4 Å². The van der Waals surface area contributed by atoms with E-state index in [-0.39, 0.29) is 38.9 Å². The summed E-state index contributed by atoms with van der Waals surface area (Å²) in [5.74, 6) is -2.67. The van der Waals surface area contributed by atoms with E-state index in [0.717, 1.165) is 11.1 Å². The van der Waals surface area contributed by atoms with Crippen LogP contribution in [0.5, 0.6) is 17.2 Å². The highest BCUT2D eigenvalue weighted by Gasteiger charge is 2.24. The SMILES string of the molecule is CCc1ccc(S(=O)(=O)c2ccc(Cl)cc2)cc1NC(=O)c1cc(Cc2ccccc2C(C)C)c(O)c(O)c1O. The molecule has 0 fully saturated rings. The van der Waals surface area contributed by atoms with Crippen LogP contribution in [0.3, 0.4) is 0 Å². The molecule has 0 radical (unpaired) electrons. The summed E-state index contributed by atoms with van der Waals surface area (Å²) in [5.41, 5.74) is 2.84. The van der Waals surface area contributed by atoms with Crippen LogP contribution in [-0.4, -0.2) is 29.6 Å². The van der Waals surface area contributed by atoms with Gasteiger partial charge in [0, 0.05) is 22.7 Å². The summed E-state index contributed by atoms with van der Waals surface area (Å²) in [4.78, 5) is 13.4. The highest BCUT2D eigenvalue weighted by atomic mass is 35.5. The number of amides is 1. The summed E-state index contributed by atoms with van der Waals surface area (Å²) in [5, 5.41) is 34.7. The van der Waals surface area contributed by atoms with Crippen LogP contribution < -0.4 is 5.32 Å². The van der Waals surface area contributed by atoms with Gasteiger partial charge < -0.3 is 20.6 Å². The lowest BCUT2D eigenvalue weighted by Crippen LogP contribution is -2.15. The second-order valence-corrected chi connectivity index (χ2v) is 12.1. The molecule has 0 aliphatic rings. The molecular weight excluding hydrogens is 550 g/mol. The second kappa shape index (κ2) is 11.6. The van der Waals surface area contributed by atoms with Crippen molar-refractivity contribution in [3.63, 3.8) is 0 Å². The zero-order valence-corrected chi connectivity index (χ0v) is 23.8. The molecular formula is C31H30ClNO6S. The highest BCUT2D eigenvalue weighted by Crippen LogP contribution is 2.42. The maximum atomic E-state index is 13.4. The number of aromatic hydroxyl groups is 3. The van der Waals surface area contributed by atoms with Gasteiger partial charge in [0.1, 0.15) is 0 Å². The first-order valence-corrected chi connectivity index (χ1v) is 14.6. The predicted molar refractivity (Wildman–Crippen MR) is 155 cm³/mol. The van der Waals surface area contributed by atoms with Gasteiger partial charge in [-0.05, 0) is 71.5 Å². The molecule has 0 unspecified atom stereocenters. The van der Waals surface area contributed by atoms with Crippen molar-refractivity contribution >= 4 is 33.0 Å². The topological polar surface area (TPSA) is 124 Å². The third-order valence-electron chi connectivity index (χ3n) is 6.77. The van der Waals surface area contributed by atoms with Crippen LogP contribution in [0.2, 0.25) is 5.02 Å². The van der Waals surface area contributed by atoms with E-state index in [9.17, 15) is 28.5 Å². The molecule has 4 aromatic rings. The number of anilines is 1. The number of carbonyl (C=O) groups is 1. The quantitative estimate of drug-likeness (QED) is 0.170. The van der Waals surface area contributed by atoms with Crippen LogP contribution in [-0.2, 0) is 22.7 Å². The molecule has 208 valence electrons. The Labute approximate surface area is 238 Å². The van der Waals surface area contributed by atoms with Gasteiger partial charge >= 0.3 is 0 Å². The highest BCUT2D eigenvalue weighted by molar-refractivity contribution is 7.91. The van der Waals surface area contributed by atoms with E-state index < -0.39 is 33.0 Å². The van der Waals surface area contributed by atoms with E-state index in [2.05, 4.69) is 5.32 Å². The number of aryl methyl sites for hydroxylation is 1. The largest absolute Gasteiger partial charge is 0.504 e. The Bertz CT molecular complexity index is 1680. The molecule has 0 spiro atoms. The first-order chi connectivity index (χ1) is 18.9. The Kier molecular flexibility index (Phi) is 8.42. The van der Waals surface area contributed by atoms with Gasteiger partial charge in [-0.15, -0.1) is 0 Å². The minimum absolute atomic E-state index is 0.0360. The van der Waals surface area contributed by atoms with Crippen LogP contribution in [0.25, 0.3) is 0 Å². The maximum absolute atomic E-state index is 13.4. The number of carbonyl (C=O) groups excluding carboxylic acids is 1. The zero-order chi connectivity index (χ0) is 29.2. The standard InChI is InChI=1S/C31H30ClNO6S/c1-4-19-9-12-24(40(38,39)23-13-10-22(32)11-14-23)17-27(19)33-31(37)26-16-21(28(34)30(36)29(26)35)15-20-7-5-6-8-25(20)18(2)3/h5-14,16-18,34-36H,4,15H2,1-3H3,(H,33,37). The average Bonchev–Trinajstić information content (AvgIpc) is 2.93. The number of phenols is 3. The van der Waals surface area contributed by atoms with E-state index in [1.165, 1.54) is 42.5 Å². The molecule has 4 aromatic carbocycles. The molecule has 4 N–H and O–H groups in total. The Morgan fingerprint density at radius 3 is 2.12 bits per heavy atom. The summed E-state index contributed by atoms with van der Waals surface area (Å²) < 4.78 is 26.5. The number of halogens is 1. The molecule has 0 heterocycles. The summed E-state index contributed by atoms with van der Waals surface area (Å²) in [6.45, 7) is 5.93. The van der Waals surface area contributed by atoms with Gasteiger partial charge in [-0.2, -0.15) is 0 Å². The van der Waals surface area contributed by atoms with Gasteiger partial charge in [-0.25, -0.2) is 8.42 Å². The number of hydrogen-bond acceptors (Lipinski definition) is 6. The van der Waals surface area contributed by atoms with Crippen molar-refractivity contribution < 1.29 is 28.5 Å². The van der Waals surface area contributed by atoms with Crippen LogP contribution in [0.4, 0.5) is 5.69 Å². The number of hydrogen-bond donors (Lipinski definition) is 4. The van der Waals surface area contributed by atoms with Crippen LogP contribution in [0.1, 0.15) is 59.3 Å². The molecule has 0 saturated heterocycles. The molecule has 40 heavy (non-hydrogen) atoms. The number of phenolic OH excluding ortho intramolecular Hbond substituents is 3. The Morgan fingerprint density at radius 2 is 1.48 bits per heavy atom. The van der Waals surface area contributed by atoms with Crippen molar-refractivity contribution in [3.05, 3.63) is 106 Å². The van der Waals surface area contributed by atoms with E-state index in [1.807, 2.05) is 45.0 Å². The molecule has 9 heteroatoms. The predicted octanol–water partition coefficient (Wildman–Crippen LogP) is 6.82. The average molecular weight is 580 g/mol. The zero-order valence-electron chi connectivity index (χ0n) is 22.3. The fourth-order valence-corrected chi connectivity index (χ4v) is 5.97. The lowest BCUT2D eigenvalue weighted by molar-refractivity contribution is 0.102. The van der Waals surface area contributed by atoms with E-state index in [1.54, 1.807) is 6.07 Å². The summed E-state index contributed by atoms with van der Waals surface area (Å²) in [6, 6.07) is 19.2. The number of sulfone groups is 1. The fourth-order valence-electron chi connectivity index (χ4n) is 4.56. The van der Waals surface area contributed by atoms with Crippen molar-refractivity contribution in [3.8, 4) is 17.2 Å². The molecule has 7 nitrogen and oxygen atoms in total. The van der Waals surface area contributed by atoms with Crippen LogP contribution >= 0.6 is 11.6 Å². The van der Waals surface area contributed by atoms with Gasteiger partial charge in [-0.3, -0.25) is 4.79 Å². The molecule has 0 aromatic heterocycles. The number of nitrogens with one attached hydrogen (secondary N) is 1. The van der Waals surface area contributed by atoms with Crippen molar-refractivity contribution in [2.24, 2.45) is 0 Å². The molecule has 4 rings (SSSR count). The fraction of sp³-hybridized carbons (Fsp3) is 0.194. The summed E-state index contributed by atoms with van der Waals surface area (Å²) in [6.07, 6.45) is 0.699. The molecule has 0 atom stereocenters. The second-order valence-electron chi connectivity index (χ2n) is 9.74. The summed E-state index contributed by atoms with van der Waals surface area (Å²) in [7, 11) is -3.91. The smallest absolute Gasteiger partial charge is 0.259 e. The van der Waals surface area contributed by atoms with Gasteiger partial charge in [-0.1, -0.05) is 62.7 Å². The van der Waals surface area contributed by atoms with E-state index in [4.69, 9.17) is 11.6 Å².